The van der Waals surface area contributed by atoms with Crippen molar-refractivity contribution in [2.45, 2.75) is 19.5 Å². The molecule has 1 rings (SSSR count). The highest BCUT2D eigenvalue weighted by molar-refractivity contribution is 5.87. The van der Waals surface area contributed by atoms with Gasteiger partial charge >= 0.3 is 5.97 Å². The highest BCUT2D eigenvalue weighted by Crippen LogP contribution is 2.02. The average molecular weight is 197 g/mol. The van der Waals surface area contributed by atoms with E-state index in [9.17, 15) is 4.79 Å². The number of nitrogens with zero attached hydrogens (tertiary/aromatic N) is 2. The van der Waals surface area contributed by atoms with Gasteiger partial charge in [0, 0.05) is 12.2 Å². The first kappa shape index (κ1) is 10.7. The Morgan fingerprint density at radius 2 is 2.50 bits per heavy atom. The maximum Gasteiger partial charge on any atom is 0.356 e. The van der Waals surface area contributed by atoms with Crippen molar-refractivity contribution in [2.75, 3.05) is 14.2 Å². The third-order valence-electron chi connectivity index (χ3n) is 2.05. The number of aromatic nitrogens is 2. The second-order valence-corrected chi connectivity index (χ2v) is 3.08. The Morgan fingerprint density at radius 1 is 1.79 bits per heavy atom. The van der Waals surface area contributed by atoms with Crippen molar-refractivity contribution in [2.24, 2.45) is 0 Å². The molecule has 0 radical (unpaired) electrons. The number of esters is 1. The molecule has 1 N–H and O–H groups in total. The fourth-order valence-corrected chi connectivity index (χ4v) is 1.11. The minimum absolute atomic E-state index is 0.262. The van der Waals surface area contributed by atoms with E-state index in [2.05, 4.69) is 15.2 Å². The van der Waals surface area contributed by atoms with Gasteiger partial charge in [0.05, 0.1) is 13.7 Å². The highest BCUT2D eigenvalue weighted by atomic mass is 16.5. The predicted molar refractivity (Wildman–Crippen MR) is 52.1 cm³/mol. The maximum absolute atomic E-state index is 11.3. The van der Waals surface area contributed by atoms with Gasteiger partial charge in [-0.2, -0.15) is 5.10 Å². The molecule has 78 valence electrons. The largest absolute Gasteiger partial charge is 0.464 e. The Balaban J connectivity index is 2.77. The Kier molecular flexibility index (Phi) is 3.64. The van der Waals surface area contributed by atoms with E-state index in [4.69, 9.17) is 0 Å². The van der Waals surface area contributed by atoms with Crippen molar-refractivity contribution in [3.63, 3.8) is 0 Å². The topological polar surface area (TPSA) is 56.2 Å². The van der Waals surface area contributed by atoms with Gasteiger partial charge in [-0.05, 0) is 20.0 Å². The van der Waals surface area contributed by atoms with E-state index in [0.717, 1.165) is 0 Å². The molecule has 0 fully saturated rings. The van der Waals surface area contributed by atoms with Gasteiger partial charge in [-0.1, -0.05) is 0 Å². The highest BCUT2D eigenvalue weighted by Gasteiger charge is 2.13. The van der Waals surface area contributed by atoms with Gasteiger partial charge in [0.25, 0.3) is 0 Å². The van der Waals surface area contributed by atoms with Crippen LogP contribution in [0.2, 0.25) is 0 Å². The molecule has 0 spiro atoms. The first-order chi connectivity index (χ1) is 6.69. The molecule has 0 saturated heterocycles. The number of methoxy groups -OCH3 is 1. The zero-order valence-corrected chi connectivity index (χ0v) is 8.65. The van der Waals surface area contributed by atoms with E-state index in [1.165, 1.54) is 7.11 Å². The molecule has 1 aromatic rings. The van der Waals surface area contributed by atoms with Gasteiger partial charge in [-0.3, -0.25) is 4.68 Å². The number of nitrogens with one attached hydrogen (secondary N) is 1. The summed E-state index contributed by atoms with van der Waals surface area (Å²) >= 11 is 0. The lowest BCUT2D eigenvalue weighted by Crippen LogP contribution is -2.28. The monoisotopic (exact) mass is 197 g/mol. The van der Waals surface area contributed by atoms with Gasteiger partial charge in [0.15, 0.2) is 0 Å². The van der Waals surface area contributed by atoms with Crippen LogP contribution in [0.4, 0.5) is 0 Å². The third kappa shape index (κ3) is 2.32. The molecule has 0 aliphatic heterocycles. The SMILES string of the molecule is CNC(C)Cn1nccc1C(=O)OC. The minimum atomic E-state index is -0.356. The summed E-state index contributed by atoms with van der Waals surface area (Å²) < 4.78 is 6.26. The first-order valence-corrected chi connectivity index (χ1v) is 4.46. The van der Waals surface area contributed by atoms with Crippen LogP contribution >= 0.6 is 0 Å². The molecule has 14 heavy (non-hydrogen) atoms. The lowest BCUT2D eigenvalue weighted by Gasteiger charge is -2.11. The fraction of sp³-hybridized carbons (Fsp3) is 0.556. The number of carbonyl (C=O) groups excluding carboxylic acids is 1. The van der Waals surface area contributed by atoms with E-state index in [-0.39, 0.29) is 12.0 Å². The lowest BCUT2D eigenvalue weighted by molar-refractivity contribution is 0.0586. The van der Waals surface area contributed by atoms with Gasteiger partial charge in [-0.25, -0.2) is 4.79 Å². The minimum Gasteiger partial charge on any atom is -0.464 e. The van der Waals surface area contributed by atoms with Crippen molar-refractivity contribution >= 4 is 5.97 Å². The molecule has 0 saturated carbocycles. The van der Waals surface area contributed by atoms with Crippen molar-refractivity contribution in [3.8, 4) is 0 Å². The van der Waals surface area contributed by atoms with Gasteiger partial charge in [-0.15, -0.1) is 0 Å². The van der Waals surface area contributed by atoms with Crippen LogP contribution in [0.1, 0.15) is 17.4 Å². The molecule has 0 bridgehead atoms. The van der Waals surface area contributed by atoms with Crippen molar-refractivity contribution < 1.29 is 9.53 Å². The van der Waals surface area contributed by atoms with Crippen LogP contribution < -0.4 is 5.32 Å². The summed E-state index contributed by atoms with van der Waals surface area (Å²) in [6, 6.07) is 1.91. The van der Waals surface area contributed by atoms with Crippen LogP contribution in [-0.4, -0.2) is 35.9 Å². The summed E-state index contributed by atoms with van der Waals surface area (Å²) in [4.78, 5) is 11.3. The van der Waals surface area contributed by atoms with Crippen LogP contribution in [0.15, 0.2) is 12.3 Å². The van der Waals surface area contributed by atoms with Crippen LogP contribution in [0.25, 0.3) is 0 Å². The number of carbonyl (C=O) groups is 1. The first-order valence-electron chi connectivity index (χ1n) is 4.46. The van der Waals surface area contributed by atoms with E-state index < -0.39 is 0 Å². The molecule has 0 aliphatic rings. The number of hydrogen-bond acceptors (Lipinski definition) is 4. The zero-order chi connectivity index (χ0) is 10.6. The number of rotatable bonds is 4. The van der Waals surface area contributed by atoms with Gasteiger partial charge in [0.1, 0.15) is 5.69 Å². The van der Waals surface area contributed by atoms with Crippen molar-refractivity contribution in [1.29, 1.82) is 0 Å². The van der Waals surface area contributed by atoms with Crippen LogP contribution in [-0.2, 0) is 11.3 Å². The molecular formula is C9H15N3O2. The summed E-state index contributed by atoms with van der Waals surface area (Å²) in [5.41, 5.74) is 0.481. The molecule has 5 nitrogen and oxygen atoms in total. The maximum atomic E-state index is 11.3. The molecule has 0 aliphatic carbocycles. The zero-order valence-electron chi connectivity index (χ0n) is 8.65. The Labute approximate surface area is 83.1 Å². The lowest BCUT2D eigenvalue weighted by atomic mass is 10.3. The molecule has 1 atom stereocenters. The van der Waals surface area contributed by atoms with E-state index in [1.807, 2.05) is 14.0 Å². The molecule has 5 heteroatoms. The van der Waals surface area contributed by atoms with Crippen LogP contribution in [0, 0.1) is 0 Å². The summed E-state index contributed by atoms with van der Waals surface area (Å²) in [5.74, 6) is -0.356. The standard InChI is InChI=1S/C9H15N3O2/c1-7(10-2)6-12-8(4-5-11-12)9(13)14-3/h4-5,7,10H,6H2,1-3H3. The van der Waals surface area contributed by atoms with E-state index in [0.29, 0.717) is 12.2 Å². The predicted octanol–water partition coefficient (Wildman–Crippen LogP) is 0.278. The molecule has 1 aromatic heterocycles. The Bertz CT molecular complexity index is 309. The summed E-state index contributed by atoms with van der Waals surface area (Å²) in [6.07, 6.45) is 1.59. The van der Waals surface area contributed by atoms with Crippen molar-refractivity contribution in [1.82, 2.24) is 15.1 Å². The van der Waals surface area contributed by atoms with E-state index in [1.54, 1.807) is 16.9 Å². The van der Waals surface area contributed by atoms with Gasteiger partial charge in [0.2, 0.25) is 0 Å². The molecule has 1 heterocycles. The second kappa shape index (κ2) is 4.76. The van der Waals surface area contributed by atoms with Gasteiger partial charge < -0.3 is 10.1 Å². The van der Waals surface area contributed by atoms with E-state index >= 15 is 0 Å². The van der Waals surface area contributed by atoms with Crippen LogP contribution in [0.3, 0.4) is 0 Å². The number of hydrogen-bond donors (Lipinski definition) is 1. The number of likely N-dealkylation sites (N-methyl/N-ethyl adjacent to an activating group) is 1. The third-order valence-corrected chi connectivity index (χ3v) is 2.05. The summed E-state index contributed by atoms with van der Waals surface area (Å²) in [6.45, 7) is 2.66. The molecule has 1 unspecified atom stereocenters. The molecular weight excluding hydrogens is 182 g/mol. The molecule has 0 amide bonds. The van der Waals surface area contributed by atoms with Crippen LogP contribution in [0.5, 0.6) is 0 Å². The summed E-state index contributed by atoms with van der Waals surface area (Å²) in [5, 5.41) is 7.12. The van der Waals surface area contributed by atoms with Crippen molar-refractivity contribution in [3.05, 3.63) is 18.0 Å². The summed E-state index contributed by atoms with van der Waals surface area (Å²) in [7, 11) is 3.23. The molecule has 0 aromatic carbocycles. The smallest absolute Gasteiger partial charge is 0.356 e. The number of ether oxygens (including phenoxy) is 1. The second-order valence-electron chi connectivity index (χ2n) is 3.08. The fourth-order valence-electron chi connectivity index (χ4n) is 1.11. The average Bonchev–Trinajstić information content (AvgIpc) is 2.64. The Hall–Kier alpha value is -1.36. The normalized spacial score (nSPS) is 12.5. The Morgan fingerprint density at radius 3 is 3.07 bits per heavy atom. The quantitative estimate of drug-likeness (QED) is 0.704.